The first-order valence-electron chi connectivity index (χ1n) is 9.21. The van der Waals surface area contributed by atoms with Gasteiger partial charge in [0.25, 0.3) is 11.2 Å². The number of carboxylic acid groups (broad SMARTS) is 1. The number of carbonyl (C=O) groups is 1. The number of benzene rings is 1. The molecule has 2 heterocycles. The Bertz CT molecular complexity index is 1340. The highest BCUT2D eigenvalue weighted by atomic mass is 16.6. The summed E-state index contributed by atoms with van der Waals surface area (Å²) in [4.78, 5) is 36.7. The van der Waals surface area contributed by atoms with E-state index in [1.54, 1.807) is 31.2 Å². The number of aromatic amines is 1. The molecule has 0 atom stereocenters. The van der Waals surface area contributed by atoms with Gasteiger partial charge in [0, 0.05) is 12.7 Å². The van der Waals surface area contributed by atoms with E-state index in [4.69, 9.17) is 9.15 Å². The van der Waals surface area contributed by atoms with Gasteiger partial charge in [-0.15, -0.1) is 0 Å². The normalized spacial score (nSPS) is 10.9. The largest absolute Gasteiger partial charge is 0.478 e. The quantitative estimate of drug-likeness (QED) is 0.419. The van der Waals surface area contributed by atoms with E-state index in [-0.39, 0.29) is 29.0 Å². The molecule has 1 aromatic carbocycles. The number of nitro groups is 1. The third-order valence-electron chi connectivity index (χ3n) is 4.69. The molecule has 0 unspecified atom stereocenters. The number of hydrogen-bond donors (Lipinski definition) is 2. The van der Waals surface area contributed by atoms with Gasteiger partial charge in [-0.25, -0.2) is 4.79 Å². The van der Waals surface area contributed by atoms with Gasteiger partial charge in [-0.2, -0.15) is 5.26 Å². The maximum absolute atomic E-state index is 12.2. The lowest BCUT2D eigenvalue weighted by Gasteiger charge is -2.06. The van der Waals surface area contributed by atoms with Gasteiger partial charge >= 0.3 is 5.97 Å². The van der Waals surface area contributed by atoms with Crippen molar-refractivity contribution in [1.29, 1.82) is 5.26 Å². The van der Waals surface area contributed by atoms with E-state index >= 15 is 0 Å². The third kappa shape index (κ3) is 4.33. The molecule has 2 N–H and O–H groups in total. The van der Waals surface area contributed by atoms with Crippen LogP contribution < -0.4 is 5.56 Å². The van der Waals surface area contributed by atoms with Gasteiger partial charge in [0.2, 0.25) is 0 Å². The number of ether oxygens (including phenoxy) is 1. The Labute approximate surface area is 181 Å². The van der Waals surface area contributed by atoms with Gasteiger partial charge in [0.15, 0.2) is 0 Å². The number of H-pyrrole nitrogens is 1. The molecular weight excluding hydrogens is 418 g/mol. The second kappa shape index (κ2) is 9.11. The summed E-state index contributed by atoms with van der Waals surface area (Å²) in [6.45, 7) is 1.52. The van der Waals surface area contributed by atoms with Crippen LogP contribution in [0.15, 0.2) is 39.5 Å². The van der Waals surface area contributed by atoms with E-state index in [1.807, 2.05) is 0 Å². The molecule has 0 saturated heterocycles. The van der Waals surface area contributed by atoms with Gasteiger partial charge < -0.3 is 19.2 Å². The second-order valence-corrected chi connectivity index (χ2v) is 6.74. The number of rotatable bonds is 7. The Hall–Kier alpha value is -4.49. The summed E-state index contributed by atoms with van der Waals surface area (Å²) in [6, 6.07) is 9.55. The maximum atomic E-state index is 12.2. The first-order chi connectivity index (χ1) is 15.3. The Morgan fingerprint density at radius 3 is 2.72 bits per heavy atom. The summed E-state index contributed by atoms with van der Waals surface area (Å²) in [5.41, 5.74) is -0.346. The fourth-order valence-corrected chi connectivity index (χ4v) is 3.17. The van der Waals surface area contributed by atoms with E-state index in [1.165, 1.54) is 31.4 Å². The molecule has 10 heteroatoms. The minimum absolute atomic E-state index is 0.107. The van der Waals surface area contributed by atoms with Gasteiger partial charge in [-0.1, -0.05) is 6.07 Å². The summed E-state index contributed by atoms with van der Waals surface area (Å²) >= 11 is 0. The van der Waals surface area contributed by atoms with Crippen molar-refractivity contribution in [3.8, 4) is 17.4 Å². The number of hydrogen-bond acceptors (Lipinski definition) is 7. The lowest BCUT2D eigenvalue weighted by Crippen LogP contribution is -2.18. The summed E-state index contributed by atoms with van der Waals surface area (Å²) in [7, 11) is 1.30. The van der Waals surface area contributed by atoms with Crippen molar-refractivity contribution in [3.05, 3.63) is 84.5 Å². The molecular formula is C22H17N3O7. The zero-order chi connectivity index (χ0) is 23.4. The monoisotopic (exact) mass is 435 g/mol. The van der Waals surface area contributed by atoms with Crippen LogP contribution in [0.2, 0.25) is 0 Å². The van der Waals surface area contributed by atoms with E-state index in [0.717, 1.165) is 5.56 Å². The SMILES string of the molecule is COCc1c([N+](=O)[O-])c(C=Cc2ccc(-c3cc(C(=O)O)ccc3C)o2)[nH]c(=O)c1C#N. The van der Waals surface area contributed by atoms with Crippen LogP contribution in [0.4, 0.5) is 5.69 Å². The number of furan rings is 1. The molecule has 10 nitrogen and oxygen atoms in total. The predicted octanol–water partition coefficient (Wildman–Crippen LogP) is 3.74. The van der Waals surface area contributed by atoms with Crippen LogP contribution in [-0.2, 0) is 11.3 Å². The Morgan fingerprint density at radius 1 is 1.34 bits per heavy atom. The molecule has 0 aliphatic heterocycles. The molecule has 2 aromatic heterocycles. The highest BCUT2D eigenvalue weighted by Gasteiger charge is 2.25. The van der Waals surface area contributed by atoms with Gasteiger partial charge in [0.1, 0.15) is 28.8 Å². The van der Waals surface area contributed by atoms with Gasteiger partial charge in [-0.05, 0) is 48.9 Å². The predicted molar refractivity (Wildman–Crippen MR) is 114 cm³/mol. The zero-order valence-corrected chi connectivity index (χ0v) is 17.0. The van der Waals surface area contributed by atoms with Crippen molar-refractivity contribution in [3.63, 3.8) is 0 Å². The molecule has 3 aromatic rings. The molecule has 0 spiro atoms. The van der Waals surface area contributed by atoms with Crippen molar-refractivity contribution in [2.45, 2.75) is 13.5 Å². The topological polar surface area (TPSA) is 159 Å². The van der Waals surface area contributed by atoms with Gasteiger partial charge in [-0.3, -0.25) is 14.9 Å². The van der Waals surface area contributed by atoms with Crippen LogP contribution in [0.3, 0.4) is 0 Å². The van der Waals surface area contributed by atoms with Crippen molar-refractivity contribution < 1.29 is 24.0 Å². The molecule has 0 fully saturated rings. The lowest BCUT2D eigenvalue weighted by molar-refractivity contribution is -0.386. The van der Waals surface area contributed by atoms with Crippen LogP contribution in [0.25, 0.3) is 23.5 Å². The number of nitrogens with zero attached hydrogens (tertiary/aromatic N) is 2. The number of carboxylic acids is 1. The highest BCUT2D eigenvalue weighted by Crippen LogP contribution is 2.29. The third-order valence-corrected chi connectivity index (χ3v) is 4.69. The van der Waals surface area contributed by atoms with E-state index in [9.17, 15) is 30.1 Å². The number of nitrogens with one attached hydrogen (secondary N) is 1. The number of methoxy groups -OCH3 is 1. The standard InChI is InChI=1S/C22H17N3O7/c1-12-3-4-13(22(27)28)9-15(12)19-8-6-14(32-19)5-7-18-20(25(29)30)17(11-31-2)16(10-23)21(26)24-18/h3-9H,11H2,1-2H3,(H,24,26)(H,27,28). The van der Waals surface area contributed by atoms with Crippen LogP contribution in [0.1, 0.15) is 38.5 Å². The molecule has 162 valence electrons. The van der Waals surface area contributed by atoms with Crippen LogP contribution in [-0.4, -0.2) is 28.1 Å². The molecule has 0 amide bonds. The number of aryl methyl sites for hydroxylation is 1. The molecule has 0 aliphatic rings. The van der Waals surface area contributed by atoms with E-state index < -0.39 is 22.1 Å². The van der Waals surface area contributed by atoms with Gasteiger partial charge in [0.05, 0.1) is 22.7 Å². The van der Waals surface area contributed by atoms with Crippen LogP contribution in [0.5, 0.6) is 0 Å². The number of pyridine rings is 1. The van der Waals surface area contributed by atoms with E-state index in [2.05, 4.69) is 4.98 Å². The zero-order valence-electron chi connectivity index (χ0n) is 17.0. The van der Waals surface area contributed by atoms with Crippen LogP contribution >= 0.6 is 0 Å². The second-order valence-electron chi connectivity index (χ2n) is 6.74. The molecule has 0 bridgehead atoms. The Morgan fingerprint density at radius 2 is 2.09 bits per heavy atom. The molecule has 0 radical (unpaired) electrons. The minimum atomic E-state index is -1.07. The summed E-state index contributed by atoms with van der Waals surface area (Å²) in [5.74, 6) is -0.345. The Kier molecular flexibility index (Phi) is 6.32. The first-order valence-corrected chi connectivity index (χ1v) is 9.21. The first kappa shape index (κ1) is 22.2. The fourth-order valence-electron chi connectivity index (χ4n) is 3.17. The highest BCUT2D eigenvalue weighted by molar-refractivity contribution is 5.89. The van der Waals surface area contributed by atoms with Crippen molar-refractivity contribution in [1.82, 2.24) is 4.98 Å². The fraction of sp³-hybridized carbons (Fsp3) is 0.136. The number of nitriles is 1. The Balaban J connectivity index is 2.04. The summed E-state index contributed by atoms with van der Waals surface area (Å²) in [5, 5.41) is 30.0. The van der Waals surface area contributed by atoms with Crippen molar-refractivity contribution >= 4 is 23.8 Å². The summed E-state index contributed by atoms with van der Waals surface area (Å²) < 4.78 is 10.7. The van der Waals surface area contributed by atoms with Crippen molar-refractivity contribution in [2.75, 3.05) is 7.11 Å². The number of aromatic carboxylic acids is 1. The number of aromatic nitrogens is 1. The molecule has 0 saturated carbocycles. The molecule has 3 rings (SSSR count). The maximum Gasteiger partial charge on any atom is 0.335 e. The van der Waals surface area contributed by atoms with E-state index in [0.29, 0.717) is 17.1 Å². The average molecular weight is 435 g/mol. The minimum Gasteiger partial charge on any atom is -0.478 e. The molecule has 32 heavy (non-hydrogen) atoms. The van der Waals surface area contributed by atoms with Crippen molar-refractivity contribution in [2.24, 2.45) is 0 Å². The molecule has 0 aliphatic carbocycles. The lowest BCUT2D eigenvalue weighted by atomic mass is 10.0. The van der Waals surface area contributed by atoms with Crippen LogP contribution in [0, 0.1) is 28.4 Å². The smallest absolute Gasteiger partial charge is 0.335 e. The average Bonchev–Trinajstić information content (AvgIpc) is 3.21. The summed E-state index contributed by atoms with van der Waals surface area (Å²) in [6.07, 6.45) is 2.71.